The van der Waals surface area contributed by atoms with Gasteiger partial charge in [-0.1, -0.05) is 6.07 Å². The van der Waals surface area contributed by atoms with Crippen LogP contribution < -0.4 is 0 Å². The number of furan rings is 1. The fraction of sp³-hybridized carbons (Fsp3) is 0.100. The maximum atomic E-state index is 10.9. The molecule has 4 heteroatoms. The van der Waals surface area contributed by atoms with Crippen LogP contribution in [0, 0.1) is 10.7 Å². The van der Waals surface area contributed by atoms with Crippen LogP contribution in [0.1, 0.15) is 15.9 Å². The van der Waals surface area contributed by atoms with Crippen molar-refractivity contribution in [3.8, 4) is 0 Å². The molecule has 0 aliphatic rings. The lowest BCUT2D eigenvalue weighted by Gasteiger charge is -1.96. The van der Waals surface area contributed by atoms with Crippen LogP contribution in [0.4, 0.5) is 0 Å². The molecule has 1 heterocycles. The van der Waals surface area contributed by atoms with Gasteiger partial charge in [0.1, 0.15) is 5.58 Å². The minimum atomic E-state index is -0.920. The Morgan fingerprint density at radius 2 is 2.21 bits per heavy atom. The van der Waals surface area contributed by atoms with Gasteiger partial charge in [-0.2, -0.15) is 0 Å². The molecule has 1 N–H and O–H groups in total. The Balaban J connectivity index is 2.91. The SMILES string of the molecule is Cc1c(I)oc2cccc(C(=O)O)c12. The summed E-state index contributed by atoms with van der Waals surface area (Å²) < 4.78 is 6.15. The van der Waals surface area contributed by atoms with Gasteiger partial charge >= 0.3 is 5.97 Å². The van der Waals surface area contributed by atoms with E-state index in [1.54, 1.807) is 18.2 Å². The molecule has 2 rings (SSSR count). The summed E-state index contributed by atoms with van der Waals surface area (Å²) in [5, 5.41) is 9.67. The first-order valence-electron chi connectivity index (χ1n) is 4.02. The summed E-state index contributed by atoms with van der Waals surface area (Å²) in [7, 11) is 0. The zero-order valence-corrected chi connectivity index (χ0v) is 9.53. The van der Waals surface area contributed by atoms with Crippen LogP contribution in [0.25, 0.3) is 11.0 Å². The van der Waals surface area contributed by atoms with E-state index in [1.807, 2.05) is 6.92 Å². The number of fused-ring (bicyclic) bond motifs is 1. The Hall–Kier alpha value is -1.04. The van der Waals surface area contributed by atoms with Crippen molar-refractivity contribution >= 4 is 39.5 Å². The molecule has 0 fully saturated rings. The molecule has 2 aromatic rings. The molecule has 1 aromatic carbocycles. The molecule has 0 unspecified atom stereocenters. The van der Waals surface area contributed by atoms with E-state index >= 15 is 0 Å². The van der Waals surface area contributed by atoms with E-state index in [4.69, 9.17) is 9.52 Å². The predicted molar refractivity (Wildman–Crippen MR) is 60.6 cm³/mol. The number of benzene rings is 1. The number of carbonyl (C=O) groups is 1. The lowest BCUT2D eigenvalue weighted by Crippen LogP contribution is -1.96. The lowest BCUT2D eigenvalue weighted by molar-refractivity contribution is 0.0699. The highest BCUT2D eigenvalue weighted by Crippen LogP contribution is 2.29. The molecular formula is C10H7IO3. The van der Waals surface area contributed by atoms with Crippen LogP contribution in [0.2, 0.25) is 0 Å². The van der Waals surface area contributed by atoms with Crippen molar-refractivity contribution in [3.05, 3.63) is 33.1 Å². The fourth-order valence-corrected chi connectivity index (χ4v) is 1.96. The molecular weight excluding hydrogens is 295 g/mol. The molecule has 0 bridgehead atoms. The van der Waals surface area contributed by atoms with Crippen molar-refractivity contribution < 1.29 is 14.3 Å². The third-order valence-corrected chi connectivity index (χ3v) is 3.16. The predicted octanol–water partition coefficient (Wildman–Crippen LogP) is 3.04. The smallest absolute Gasteiger partial charge is 0.336 e. The molecule has 0 atom stereocenters. The van der Waals surface area contributed by atoms with E-state index in [1.165, 1.54) is 0 Å². The van der Waals surface area contributed by atoms with E-state index in [9.17, 15) is 4.79 Å². The number of hydrogen-bond acceptors (Lipinski definition) is 2. The van der Waals surface area contributed by atoms with Crippen LogP contribution in [0.5, 0.6) is 0 Å². The summed E-state index contributed by atoms with van der Waals surface area (Å²) in [6.45, 7) is 1.86. The Bertz CT molecular complexity index is 513. The second-order valence-electron chi connectivity index (χ2n) is 2.98. The minimum Gasteiger partial charge on any atom is -0.478 e. The van der Waals surface area contributed by atoms with Crippen molar-refractivity contribution in [2.24, 2.45) is 0 Å². The largest absolute Gasteiger partial charge is 0.478 e. The molecule has 0 amide bonds. The van der Waals surface area contributed by atoms with Crippen molar-refractivity contribution in [1.29, 1.82) is 0 Å². The van der Waals surface area contributed by atoms with Crippen LogP contribution in [0.15, 0.2) is 22.6 Å². The van der Waals surface area contributed by atoms with Gasteiger partial charge in [-0.3, -0.25) is 0 Å². The molecule has 1 aromatic heterocycles. The standard InChI is InChI=1S/C10H7IO3/c1-5-8-6(10(12)13)3-2-4-7(8)14-9(5)11/h2-4H,1H3,(H,12,13). The zero-order chi connectivity index (χ0) is 10.3. The highest BCUT2D eigenvalue weighted by molar-refractivity contribution is 14.1. The maximum Gasteiger partial charge on any atom is 0.336 e. The number of rotatable bonds is 1. The first-order valence-corrected chi connectivity index (χ1v) is 5.10. The van der Waals surface area contributed by atoms with Gasteiger partial charge in [0.25, 0.3) is 0 Å². The van der Waals surface area contributed by atoms with E-state index < -0.39 is 5.97 Å². The van der Waals surface area contributed by atoms with Gasteiger partial charge in [-0.15, -0.1) is 0 Å². The normalized spacial score (nSPS) is 10.7. The van der Waals surface area contributed by atoms with Crippen molar-refractivity contribution in [1.82, 2.24) is 0 Å². The number of hydrogen-bond donors (Lipinski definition) is 1. The Labute approximate surface area is 93.9 Å². The Morgan fingerprint density at radius 1 is 1.50 bits per heavy atom. The summed E-state index contributed by atoms with van der Waals surface area (Å²) >= 11 is 2.06. The third-order valence-electron chi connectivity index (χ3n) is 2.13. The summed E-state index contributed by atoms with van der Waals surface area (Å²) in [5.41, 5.74) is 1.82. The molecule has 14 heavy (non-hydrogen) atoms. The van der Waals surface area contributed by atoms with Crippen LogP contribution in [-0.2, 0) is 0 Å². The van der Waals surface area contributed by atoms with Crippen molar-refractivity contribution in [3.63, 3.8) is 0 Å². The quantitative estimate of drug-likeness (QED) is 0.824. The molecule has 0 aliphatic heterocycles. The van der Waals surface area contributed by atoms with Gasteiger partial charge < -0.3 is 9.52 Å². The summed E-state index contributed by atoms with van der Waals surface area (Å²) in [6, 6.07) is 5.05. The monoisotopic (exact) mass is 302 g/mol. The minimum absolute atomic E-state index is 0.298. The van der Waals surface area contributed by atoms with E-state index in [2.05, 4.69) is 22.6 Å². The van der Waals surface area contributed by atoms with Crippen LogP contribution >= 0.6 is 22.6 Å². The summed E-state index contributed by atoms with van der Waals surface area (Å²) in [4.78, 5) is 10.9. The van der Waals surface area contributed by atoms with Crippen LogP contribution in [0.3, 0.4) is 0 Å². The van der Waals surface area contributed by atoms with E-state index in [0.717, 1.165) is 9.33 Å². The molecule has 3 nitrogen and oxygen atoms in total. The number of aromatic carboxylic acids is 1. The topological polar surface area (TPSA) is 50.4 Å². The van der Waals surface area contributed by atoms with Gasteiger partial charge in [0.05, 0.1) is 5.56 Å². The number of carboxylic acid groups (broad SMARTS) is 1. The summed E-state index contributed by atoms with van der Waals surface area (Å²) in [6.07, 6.45) is 0. The summed E-state index contributed by atoms with van der Waals surface area (Å²) in [5.74, 6) is -0.920. The van der Waals surface area contributed by atoms with E-state index in [0.29, 0.717) is 16.5 Å². The second-order valence-corrected chi connectivity index (χ2v) is 3.96. The first kappa shape index (κ1) is 9.51. The van der Waals surface area contributed by atoms with Crippen molar-refractivity contribution in [2.45, 2.75) is 6.92 Å². The van der Waals surface area contributed by atoms with Gasteiger partial charge in [0, 0.05) is 10.9 Å². The molecule has 0 spiro atoms. The Morgan fingerprint density at radius 3 is 2.86 bits per heavy atom. The zero-order valence-electron chi connectivity index (χ0n) is 7.37. The number of carboxylic acids is 1. The van der Waals surface area contributed by atoms with E-state index in [-0.39, 0.29) is 0 Å². The van der Waals surface area contributed by atoms with Gasteiger partial charge in [-0.05, 0) is 41.6 Å². The number of halogens is 1. The van der Waals surface area contributed by atoms with Crippen LogP contribution in [-0.4, -0.2) is 11.1 Å². The molecule has 0 saturated heterocycles. The Kier molecular flexibility index (Phi) is 2.22. The maximum absolute atomic E-state index is 10.9. The van der Waals surface area contributed by atoms with Gasteiger partial charge in [0.2, 0.25) is 0 Å². The van der Waals surface area contributed by atoms with Gasteiger partial charge in [0.15, 0.2) is 3.77 Å². The average Bonchev–Trinajstić information content (AvgIpc) is 2.43. The highest BCUT2D eigenvalue weighted by atomic mass is 127. The number of aryl methyl sites for hydroxylation is 1. The van der Waals surface area contributed by atoms with Gasteiger partial charge in [-0.25, -0.2) is 4.79 Å². The lowest BCUT2D eigenvalue weighted by atomic mass is 10.1. The average molecular weight is 302 g/mol. The van der Waals surface area contributed by atoms with Crippen molar-refractivity contribution in [2.75, 3.05) is 0 Å². The fourth-order valence-electron chi connectivity index (χ4n) is 1.45. The third kappa shape index (κ3) is 1.30. The molecule has 0 saturated carbocycles. The molecule has 0 radical (unpaired) electrons. The molecule has 0 aliphatic carbocycles. The first-order chi connectivity index (χ1) is 6.61. The molecule has 72 valence electrons. The highest BCUT2D eigenvalue weighted by Gasteiger charge is 2.15. The second kappa shape index (κ2) is 3.27.